The van der Waals surface area contributed by atoms with Gasteiger partial charge in [-0.25, -0.2) is 4.98 Å². The molecule has 4 aromatic rings. The summed E-state index contributed by atoms with van der Waals surface area (Å²) in [5.41, 5.74) is 2.66. The Bertz CT molecular complexity index is 1400. The molecule has 0 atom stereocenters. The number of ether oxygens (including phenoxy) is 1. The van der Waals surface area contributed by atoms with Gasteiger partial charge in [0.25, 0.3) is 5.91 Å². The van der Waals surface area contributed by atoms with Gasteiger partial charge in [0.05, 0.1) is 29.4 Å². The minimum absolute atomic E-state index is 0.118. The van der Waals surface area contributed by atoms with Crippen molar-refractivity contribution in [3.05, 3.63) is 90.0 Å². The van der Waals surface area contributed by atoms with Gasteiger partial charge in [0.2, 0.25) is 0 Å². The number of alkyl halides is 3. The maximum Gasteiger partial charge on any atom is 0.416 e. The van der Waals surface area contributed by atoms with Gasteiger partial charge in [0.1, 0.15) is 5.75 Å². The van der Waals surface area contributed by atoms with E-state index in [0.717, 1.165) is 34.3 Å². The Balaban J connectivity index is 1.39. The van der Waals surface area contributed by atoms with Crippen LogP contribution in [-0.4, -0.2) is 49.1 Å². The van der Waals surface area contributed by atoms with Crippen molar-refractivity contribution in [3.8, 4) is 17.0 Å². The third-order valence-electron chi connectivity index (χ3n) is 6.44. The van der Waals surface area contributed by atoms with Gasteiger partial charge in [-0.05, 0) is 54.6 Å². The van der Waals surface area contributed by atoms with Crippen molar-refractivity contribution in [1.29, 1.82) is 0 Å². The Morgan fingerprint density at radius 2 is 1.61 bits per heavy atom. The number of carbonyl (C=O) groups is 1. The number of pyridine rings is 1. The number of amides is 1. The molecule has 1 aromatic heterocycles. The van der Waals surface area contributed by atoms with Gasteiger partial charge < -0.3 is 14.5 Å². The summed E-state index contributed by atoms with van der Waals surface area (Å²) < 4.78 is 44.6. The number of fused-ring (bicyclic) bond motifs is 1. The third kappa shape index (κ3) is 4.71. The molecule has 0 N–H and O–H groups in total. The number of aromatic nitrogens is 1. The normalized spacial score (nSPS) is 14.2. The van der Waals surface area contributed by atoms with E-state index in [1.165, 1.54) is 6.07 Å². The lowest BCUT2D eigenvalue weighted by molar-refractivity contribution is -0.137. The SMILES string of the molecule is COc1ccc(-c2cc(C(=O)N3CCN(c4cccc(C(F)(F)F)c4)CC3)c3ccccc3n2)cc1. The van der Waals surface area contributed by atoms with E-state index in [2.05, 4.69) is 0 Å². The standard InChI is InChI=1S/C28H24F3N3O2/c1-36-22-11-9-19(10-12-22)26-18-24(23-7-2-3-8-25(23)32-26)27(35)34-15-13-33(14-16-34)21-6-4-5-20(17-21)28(29,30)31/h2-12,17-18H,13-16H2,1H3. The van der Waals surface area contributed by atoms with Gasteiger partial charge in [0, 0.05) is 42.8 Å². The predicted octanol–water partition coefficient (Wildman–Crippen LogP) is 5.89. The number of benzene rings is 3. The number of hydrogen-bond acceptors (Lipinski definition) is 4. The van der Waals surface area contributed by atoms with Gasteiger partial charge in [-0.1, -0.05) is 24.3 Å². The second-order valence-electron chi connectivity index (χ2n) is 8.63. The van der Waals surface area contributed by atoms with E-state index in [1.54, 1.807) is 18.1 Å². The average Bonchev–Trinajstić information content (AvgIpc) is 2.92. The average molecular weight is 492 g/mol. The Morgan fingerprint density at radius 1 is 0.889 bits per heavy atom. The van der Waals surface area contributed by atoms with E-state index in [4.69, 9.17) is 9.72 Å². The number of para-hydroxylation sites is 1. The van der Waals surface area contributed by atoms with Crippen LogP contribution in [0, 0.1) is 0 Å². The first-order valence-corrected chi connectivity index (χ1v) is 11.6. The van der Waals surface area contributed by atoms with Gasteiger partial charge in [0.15, 0.2) is 0 Å². The number of carbonyl (C=O) groups excluding carboxylic acids is 1. The first-order chi connectivity index (χ1) is 17.3. The minimum atomic E-state index is -4.39. The van der Waals surface area contributed by atoms with Crippen molar-refractivity contribution >= 4 is 22.5 Å². The quantitative estimate of drug-likeness (QED) is 0.357. The van der Waals surface area contributed by atoms with Gasteiger partial charge >= 0.3 is 6.18 Å². The Hall–Kier alpha value is -4.07. The number of nitrogens with zero attached hydrogens (tertiary/aromatic N) is 3. The molecule has 0 aliphatic carbocycles. The van der Waals surface area contributed by atoms with Crippen LogP contribution >= 0.6 is 0 Å². The second-order valence-corrected chi connectivity index (χ2v) is 8.63. The van der Waals surface area contributed by atoms with Gasteiger partial charge in [-0.2, -0.15) is 13.2 Å². The summed E-state index contributed by atoms with van der Waals surface area (Å²) in [7, 11) is 1.60. The number of rotatable bonds is 4. The highest BCUT2D eigenvalue weighted by Gasteiger charge is 2.31. The molecule has 0 radical (unpaired) electrons. The van der Waals surface area contributed by atoms with Crippen LogP contribution in [0.3, 0.4) is 0 Å². The van der Waals surface area contributed by atoms with E-state index in [9.17, 15) is 18.0 Å². The molecule has 184 valence electrons. The molecule has 36 heavy (non-hydrogen) atoms. The smallest absolute Gasteiger partial charge is 0.416 e. The molecular formula is C28H24F3N3O2. The largest absolute Gasteiger partial charge is 0.497 e. The highest BCUT2D eigenvalue weighted by Crippen LogP contribution is 2.32. The number of hydrogen-bond donors (Lipinski definition) is 0. The molecule has 1 aliphatic heterocycles. The van der Waals surface area contributed by atoms with Crippen LogP contribution in [0.25, 0.3) is 22.2 Å². The monoisotopic (exact) mass is 491 g/mol. The molecule has 8 heteroatoms. The van der Waals surface area contributed by atoms with Crippen molar-refractivity contribution in [2.75, 3.05) is 38.2 Å². The molecule has 1 amide bonds. The summed E-state index contributed by atoms with van der Waals surface area (Å²) in [4.78, 5) is 22.0. The van der Waals surface area contributed by atoms with Crippen LogP contribution in [0.15, 0.2) is 78.9 Å². The molecular weight excluding hydrogens is 467 g/mol. The maximum absolute atomic E-state index is 13.6. The molecule has 2 heterocycles. The molecule has 3 aromatic carbocycles. The summed E-state index contributed by atoms with van der Waals surface area (Å²) in [6, 6.07) is 22.1. The Kier molecular flexibility index (Phi) is 6.26. The summed E-state index contributed by atoms with van der Waals surface area (Å²) in [5.74, 6) is 0.613. The second kappa shape index (κ2) is 9.53. The van der Waals surface area contributed by atoms with Gasteiger partial charge in [-0.3, -0.25) is 4.79 Å². The number of piperazine rings is 1. The zero-order chi connectivity index (χ0) is 25.3. The summed E-state index contributed by atoms with van der Waals surface area (Å²) in [6.07, 6.45) is -4.39. The first-order valence-electron chi connectivity index (χ1n) is 11.6. The van der Waals surface area contributed by atoms with Crippen molar-refractivity contribution in [2.45, 2.75) is 6.18 Å². The van der Waals surface area contributed by atoms with E-state index >= 15 is 0 Å². The molecule has 0 bridgehead atoms. The predicted molar refractivity (Wildman–Crippen MR) is 133 cm³/mol. The van der Waals surface area contributed by atoms with E-state index in [0.29, 0.717) is 43.1 Å². The van der Waals surface area contributed by atoms with E-state index in [-0.39, 0.29) is 5.91 Å². The Morgan fingerprint density at radius 3 is 2.31 bits per heavy atom. The highest BCUT2D eigenvalue weighted by atomic mass is 19.4. The van der Waals surface area contributed by atoms with Crippen LogP contribution in [0.1, 0.15) is 15.9 Å². The molecule has 5 nitrogen and oxygen atoms in total. The minimum Gasteiger partial charge on any atom is -0.497 e. The molecule has 0 saturated carbocycles. The molecule has 5 rings (SSSR count). The van der Waals surface area contributed by atoms with Crippen LogP contribution < -0.4 is 9.64 Å². The number of methoxy groups -OCH3 is 1. The van der Waals surface area contributed by atoms with Crippen molar-refractivity contribution < 1.29 is 22.7 Å². The third-order valence-corrected chi connectivity index (χ3v) is 6.44. The maximum atomic E-state index is 13.6. The summed E-state index contributed by atoms with van der Waals surface area (Å²) in [6.45, 7) is 1.70. The number of halogens is 3. The van der Waals surface area contributed by atoms with Crippen LogP contribution in [-0.2, 0) is 6.18 Å². The highest BCUT2D eigenvalue weighted by molar-refractivity contribution is 6.07. The lowest BCUT2D eigenvalue weighted by atomic mass is 10.0. The molecule has 0 spiro atoms. The molecule has 1 aliphatic rings. The Labute approximate surface area is 206 Å². The first kappa shape index (κ1) is 23.7. The van der Waals surface area contributed by atoms with Crippen molar-refractivity contribution in [3.63, 3.8) is 0 Å². The molecule has 1 saturated heterocycles. The fourth-order valence-electron chi connectivity index (χ4n) is 4.48. The fourth-order valence-corrected chi connectivity index (χ4v) is 4.48. The summed E-state index contributed by atoms with van der Waals surface area (Å²) >= 11 is 0. The zero-order valence-electron chi connectivity index (χ0n) is 19.6. The van der Waals surface area contributed by atoms with Gasteiger partial charge in [-0.15, -0.1) is 0 Å². The number of anilines is 1. The van der Waals surface area contributed by atoms with E-state index in [1.807, 2.05) is 59.5 Å². The lowest BCUT2D eigenvalue weighted by Gasteiger charge is -2.36. The zero-order valence-corrected chi connectivity index (χ0v) is 19.6. The topological polar surface area (TPSA) is 45.7 Å². The van der Waals surface area contributed by atoms with Crippen LogP contribution in [0.2, 0.25) is 0 Å². The van der Waals surface area contributed by atoms with Crippen LogP contribution in [0.4, 0.5) is 18.9 Å². The van der Waals surface area contributed by atoms with Crippen molar-refractivity contribution in [2.24, 2.45) is 0 Å². The van der Waals surface area contributed by atoms with Crippen LogP contribution in [0.5, 0.6) is 5.75 Å². The molecule has 0 unspecified atom stereocenters. The summed E-state index contributed by atoms with van der Waals surface area (Å²) in [5, 5.41) is 0.764. The van der Waals surface area contributed by atoms with Crippen molar-refractivity contribution in [1.82, 2.24) is 9.88 Å². The van der Waals surface area contributed by atoms with E-state index < -0.39 is 11.7 Å². The lowest BCUT2D eigenvalue weighted by Crippen LogP contribution is -2.48. The fraction of sp³-hybridized carbons (Fsp3) is 0.214. The molecule has 1 fully saturated rings.